The third-order valence-corrected chi connectivity index (χ3v) is 7.25. The Morgan fingerprint density at radius 3 is 2.15 bits per heavy atom. The van der Waals surface area contributed by atoms with Crippen molar-refractivity contribution >= 4 is 21.9 Å². The molecule has 1 aliphatic heterocycles. The van der Waals surface area contributed by atoms with Gasteiger partial charge in [0.2, 0.25) is 15.9 Å². The van der Waals surface area contributed by atoms with Crippen LogP contribution in [0.2, 0.25) is 0 Å². The molecule has 2 N–H and O–H groups in total. The van der Waals surface area contributed by atoms with Crippen LogP contribution >= 0.6 is 0 Å². The summed E-state index contributed by atoms with van der Waals surface area (Å²) in [5.74, 6) is -1.75. The molecule has 0 spiro atoms. The fourth-order valence-corrected chi connectivity index (χ4v) is 5.57. The molecule has 0 aromatic heterocycles. The number of nitrogens with one attached hydrogen (secondary N) is 1. The topological polar surface area (TPSA) is 104 Å². The lowest BCUT2D eigenvalue weighted by Gasteiger charge is -2.32. The highest BCUT2D eigenvalue weighted by Crippen LogP contribution is 2.28. The fourth-order valence-electron chi connectivity index (χ4n) is 3.69. The number of aliphatic carboxylic acids is 1. The molecule has 150 valence electrons. The van der Waals surface area contributed by atoms with E-state index in [1.165, 1.54) is 4.31 Å². The van der Waals surface area contributed by atoms with Gasteiger partial charge in [-0.15, -0.1) is 0 Å². The molecule has 27 heavy (non-hydrogen) atoms. The summed E-state index contributed by atoms with van der Waals surface area (Å²) in [4.78, 5) is 23.7. The Hall–Kier alpha value is -1.93. The van der Waals surface area contributed by atoms with Crippen LogP contribution in [0.1, 0.15) is 42.9 Å². The van der Waals surface area contributed by atoms with E-state index in [9.17, 15) is 18.0 Å². The van der Waals surface area contributed by atoms with Crippen molar-refractivity contribution in [2.75, 3.05) is 13.1 Å². The minimum Gasteiger partial charge on any atom is -0.480 e. The first-order valence-corrected chi connectivity index (χ1v) is 10.6. The Labute approximate surface area is 160 Å². The van der Waals surface area contributed by atoms with Crippen LogP contribution in [0.15, 0.2) is 17.0 Å². The normalized spacial score (nSPS) is 17.5. The van der Waals surface area contributed by atoms with Gasteiger partial charge in [-0.25, -0.2) is 13.2 Å². The number of piperidine rings is 1. The second kappa shape index (κ2) is 8.39. The van der Waals surface area contributed by atoms with Crippen molar-refractivity contribution in [3.05, 3.63) is 28.8 Å². The van der Waals surface area contributed by atoms with Gasteiger partial charge in [0.1, 0.15) is 6.04 Å². The molecule has 1 aliphatic rings. The Bertz CT molecular complexity index is 803. The second-order valence-electron chi connectivity index (χ2n) is 7.21. The summed E-state index contributed by atoms with van der Waals surface area (Å²) in [5.41, 5.74) is 2.46. The minimum atomic E-state index is -3.62. The minimum absolute atomic E-state index is 0.247. The van der Waals surface area contributed by atoms with Gasteiger partial charge in [-0.05, 0) is 51.2 Å². The molecule has 1 saturated heterocycles. The average Bonchev–Trinajstić information content (AvgIpc) is 2.58. The van der Waals surface area contributed by atoms with Crippen LogP contribution in [0.25, 0.3) is 0 Å². The molecule has 0 saturated carbocycles. The maximum absolute atomic E-state index is 13.1. The monoisotopic (exact) mass is 396 g/mol. The van der Waals surface area contributed by atoms with E-state index in [4.69, 9.17) is 5.11 Å². The number of hydrogen-bond acceptors (Lipinski definition) is 4. The summed E-state index contributed by atoms with van der Waals surface area (Å²) in [5, 5.41) is 11.6. The molecule has 1 heterocycles. The van der Waals surface area contributed by atoms with Crippen LogP contribution in [-0.2, 0) is 19.6 Å². The number of sulfonamides is 1. The summed E-state index contributed by atoms with van der Waals surface area (Å²) < 4.78 is 27.6. The number of carbonyl (C=O) groups is 2. The van der Waals surface area contributed by atoms with Crippen LogP contribution < -0.4 is 5.32 Å². The largest absolute Gasteiger partial charge is 0.480 e. The lowest BCUT2D eigenvalue weighted by Crippen LogP contribution is -2.47. The zero-order chi connectivity index (χ0) is 20.4. The van der Waals surface area contributed by atoms with Crippen LogP contribution in [-0.4, -0.2) is 48.8 Å². The summed E-state index contributed by atoms with van der Waals surface area (Å²) >= 11 is 0. The molecule has 0 aliphatic carbocycles. The zero-order valence-electron chi connectivity index (χ0n) is 16.3. The lowest BCUT2D eigenvalue weighted by molar-refractivity contribution is -0.142. The molecule has 1 fully saturated rings. The molecule has 1 aromatic carbocycles. The molecule has 1 aromatic rings. The molecule has 7 nitrogen and oxygen atoms in total. The second-order valence-corrected chi connectivity index (χ2v) is 9.09. The van der Waals surface area contributed by atoms with Crippen LogP contribution in [0.3, 0.4) is 0 Å². The van der Waals surface area contributed by atoms with Gasteiger partial charge >= 0.3 is 5.97 Å². The first kappa shape index (κ1) is 21.4. The molecular formula is C19H28N2O5S. The number of hydrogen-bond donors (Lipinski definition) is 2. The number of rotatable bonds is 6. The molecule has 1 unspecified atom stereocenters. The standard InChI is InChI=1S/C19H28N2O5S/c1-5-16(19(23)24)20-18(22)15-6-8-21(9-7-15)27(25,26)17-13(3)10-12(2)11-14(17)4/h10-11,15-16H,5-9H2,1-4H3,(H,20,22)(H,23,24). The first-order valence-electron chi connectivity index (χ1n) is 9.19. The average molecular weight is 397 g/mol. The van der Waals surface area contributed by atoms with Crippen molar-refractivity contribution in [1.29, 1.82) is 0 Å². The van der Waals surface area contributed by atoms with E-state index in [-0.39, 0.29) is 24.9 Å². The highest BCUT2D eigenvalue weighted by molar-refractivity contribution is 7.89. The van der Waals surface area contributed by atoms with Gasteiger partial charge in [0.05, 0.1) is 4.90 Å². The van der Waals surface area contributed by atoms with Crippen molar-refractivity contribution in [3.8, 4) is 0 Å². The predicted molar refractivity (Wildman–Crippen MR) is 102 cm³/mol. The Morgan fingerprint density at radius 2 is 1.70 bits per heavy atom. The van der Waals surface area contributed by atoms with Gasteiger partial charge in [0, 0.05) is 19.0 Å². The molecule has 0 radical (unpaired) electrons. The van der Waals surface area contributed by atoms with Crippen molar-refractivity contribution < 1.29 is 23.1 Å². The smallest absolute Gasteiger partial charge is 0.326 e. The van der Waals surface area contributed by atoms with Gasteiger partial charge in [0.15, 0.2) is 0 Å². The number of nitrogens with zero attached hydrogens (tertiary/aromatic N) is 1. The summed E-state index contributed by atoms with van der Waals surface area (Å²) in [6.07, 6.45) is 1.07. The van der Waals surface area contributed by atoms with Crippen molar-refractivity contribution in [2.24, 2.45) is 5.92 Å². The van der Waals surface area contributed by atoms with Gasteiger partial charge < -0.3 is 10.4 Å². The summed E-state index contributed by atoms with van der Waals surface area (Å²) in [6, 6.07) is 2.81. The van der Waals surface area contributed by atoms with Crippen LogP contribution in [0, 0.1) is 26.7 Å². The van der Waals surface area contributed by atoms with Gasteiger partial charge in [-0.1, -0.05) is 24.6 Å². The number of amides is 1. The third kappa shape index (κ3) is 4.68. The maximum atomic E-state index is 13.1. The van der Waals surface area contributed by atoms with E-state index < -0.39 is 22.0 Å². The van der Waals surface area contributed by atoms with E-state index in [0.29, 0.717) is 24.2 Å². The maximum Gasteiger partial charge on any atom is 0.326 e. The van der Waals surface area contributed by atoms with Gasteiger partial charge in [-0.3, -0.25) is 4.79 Å². The van der Waals surface area contributed by atoms with E-state index >= 15 is 0 Å². The number of aryl methyl sites for hydroxylation is 3. The molecule has 0 bridgehead atoms. The summed E-state index contributed by atoms with van der Waals surface area (Å²) in [6.45, 7) is 7.71. The molecule has 1 amide bonds. The van der Waals surface area contributed by atoms with E-state index in [1.807, 2.05) is 19.1 Å². The number of carboxylic acids is 1. The number of carbonyl (C=O) groups excluding carboxylic acids is 1. The number of benzene rings is 1. The van der Waals surface area contributed by atoms with Crippen molar-refractivity contribution in [1.82, 2.24) is 9.62 Å². The zero-order valence-corrected chi connectivity index (χ0v) is 17.1. The van der Waals surface area contributed by atoms with Crippen molar-refractivity contribution in [2.45, 2.75) is 57.9 Å². The molecule has 2 rings (SSSR count). The van der Waals surface area contributed by atoms with E-state index in [2.05, 4.69) is 5.32 Å². The SMILES string of the molecule is CCC(NC(=O)C1CCN(S(=O)(=O)c2c(C)cc(C)cc2C)CC1)C(=O)O. The molecule has 1 atom stereocenters. The molecular weight excluding hydrogens is 368 g/mol. The Kier molecular flexibility index (Phi) is 6.64. The lowest BCUT2D eigenvalue weighted by atomic mass is 9.97. The van der Waals surface area contributed by atoms with E-state index in [0.717, 1.165) is 16.7 Å². The van der Waals surface area contributed by atoms with Crippen molar-refractivity contribution in [3.63, 3.8) is 0 Å². The van der Waals surface area contributed by atoms with Gasteiger partial charge in [-0.2, -0.15) is 4.31 Å². The third-order valence-electron chi connectivity index (χ3n) is 5.05. The molecule has 8 heteroatoms. The quantitative estimate of drug-likeness (QED) is 0.765. The predicted octanol–water partition coefficient (Wildman–Crippen LogP) is 1.99. The van der Waals surface area contributed by atoms with Crippen LogP contribution in [0.4, 0.5) is 0 Å². The Balaban J connectivity index is 2.09. The number of carboxylic acid groups (broad SMARTS) is 1. The summed E-state index contributed by atoms with van der Waals surface area (Å²) in [7, 11) is -3.62. The first-order chi connectivity index (χ1) is 12.6. The van der Waals surface area contributed by atoms with Crippen LogP contribution in [0.5, 0.6) is 0 Å². The van der Waals surface area contributed by atoms with E-state index in [1.54, 1.807) is 20.8 Å². The fraction of sp³-hybridized carbons (Fsp3) is 0.579. The highest BCUT2D eigenvalue weighted by atomic mass is 32.2. The van der Waals surface area contributed by atoms with Gasteiger partial charge in [0.25, 0.3) is 0 Å². The Morgan fingerprint density at radius 1 is 1.19 bits per heavy atom. The highest BCUT2D eigenvalue weighted by Gasteiger charge is 2.34.